The van der Waals surface area contributed by atoms with Crippen molar-refractivity contribution < 1.29 is 4.39 Å². The van der Waals surface area contributed by atoms with Crippen molar-refractivity contribution in [3.05, 3.63) is 141 Å². The molecule has 0 fully saturated rings. The Morgan fingerprint density at radius 1 is 0.618 bits per heavy atom. The maximum Gasteiger partial charge on any atom is 0.124 e. The molecule has 0 heterocycles. The van der Waals surface area contributed by atoms with Gasteiger partial charge in [-0.15, -0.1) is 0 Å². The van der Waals surface area contributed by atoms with Crippen molar-refractivity contribution in [1.82, 2.24) is 0 Å². The van der Waals surface area contributed by atoms with E-state index in [4.69, 9.17) is 16.9 Å². The van der Waals surface area contributed by atoms with Crippen molar-refractivity contribution in [2.45, 2.75) is 42.0 Å². The number of hydrogen-bond donors (Lipinski definition) is 0. The first kappa shape index (κ1) is 30.6. The number of nitrogens with zero attached hydrogens (tertiary/aromatic N) is 1. The monoisotopic (exact) mass is 475 g/mol. The van der Waals surface area contributed by atoms with Crippen LogP contribution in [-0.4, -0.2) is 0 Å². The van der Waals surface area contributed by atoms with Gasteiger partial charge < -0.3 is 0 Å². The SMILES string of the molecule is C.Cc1ccc(F)cc1Cl.Cc1cccc(C)c1.Cc1ccccc1.Cc1ccccc1C#N. The average molecular weight is 476 g/mol. The second-order valence-corrected chi connectivity index (χ2v) is 8.04. The van der Waals surface area contributed by atoms with Crippen LogP contribution in [0.1, 0.15) is 40.8 Å². The molecule has 0 radical (unpaired) electrons. The third-order valence-electron chi connectivity index (χ3n) is 4.51. The highest BCUT2D eigenvalue weighted by molar-refractivity contribution is 6.31. The first-order valence-electron chi connectivity index (χ1n) is 10.6. The summed E-state index contributed by atoms with van der Waals surface area (Å²) < 4.78 is 12.3. The van der Waals surface area contributed by atoms with Gasteiger partial charge in [-0.25, -0.2) is 4.39 Å². The molecule has 0 unspecified atom stereocenters. The van der Waals surface area contributed by atoms with Gasteiger partial charge in [0.1, 0.15) is 5.82 Å². The van der Waals surface area contributed by atoms with Crippen LogP contribution in [0.5, 0.6) is 0 Å². The van der Waals surface area contributed by atoms with E-state index in [1.165, 1.54) is 28.8 Å². The lowest BCUT2D eigenvalue weighted by molar-refractivity contribution is 0.627. The summed E-state index contributed by atoms with van der Waals surface area (Å²) in [5.41, 5.74) is 6.70. The van der Waals surface area contributed by atoms with E-state index in [-0.39, 0.29) is 13.2 Å². The molecule has 1 nitrogen and oxygen atoms in total. The molecular formula is C31H35ClFN. The van der Waals surface area contributed by atoms with Gasteiger partial charge in [0.25, 0.3) is 0 Å². The molecule has 34 heavy (non-hydrogen) atoms. The Morgan fingerprint density at radius 2 is 1.15 bits per heavy atom. The molecule has 178 valence electrons. The zero-order valence-electron chi connectivity index (χ0n) is 19.9. The molecule has 4 aromatic rings. The largest absolute Gasteiger partial charge is 0.207 e. The second kappa shape index (κ2) is 17.1. The molecule has 4 aromatic carbocycles. The number of rotatable bonds is 0. The molecule has 4 rings (SSSR count). The summed E-state index contributed by atoms with van der Waals surface area (Å²) in [7, 11) is 0. The Kier molecular flexibility index (Phi) is 15.4. The number of halogens is 2. The van der Waals surface area contributed by atoms with Crippen molar-refractivity contribution in [2.75, 3.05) is 0 Å². The van der Waals surface area contributed by atoms with Crippen LogP contribution >= 0.6 is 11.6 Å². The number of nitriles is 1. The Balaban J connectivity index is 0.000000425. The Hall–Kier alpha value is -3.41. The lowest BCUT2D eigenvalue weighted by Gasteiger charge is -1.93. The van der Waals surface area contributed by atoms with E-state index in [0.29, 0.717) is 5.02 Å². The summed E-state index contributed by atoms with van der Waals surface area (Å²) >= 11 is 5.57. The van der Waals surface area contributed by atoms with E-state index in [1.54, 1.807) is 6.07 Å². The van der Waals surface area contributed by atoms with Crippen molar-refractivity contribution in [2.24, 2.45) is 0 Å². The minimum absolute atomic E-state index is 0. The van der Waals surface area contributed by atoms with Crippen molar-refractivity contribution in [3.63, 3.8) is 0 Å². The summed E-state index contributed by atoms with van der Waals surface area (Å²) in [6.07, 6.45) is 0. The van der Waals surface area contributed by atoms with Gasteiger partial charge in [0, 0.05) is 5.02 Å². The molecule has 0 aliphatic rings. The molecule has 0 saturated heterocycles. The number of benzene rings is 4. The van der Waals surface area contributed by atoms with Crippen LogP contribution in [0.2, 0.25) is 5.02 Å². The van der Waals surface area contributed by atoms with Crippen LogP contribution in [0.3, 0.4) is 0 Å². The van der Waals surface area contributed by atoms with Crippen LogP contribution in [0.25, 0.3) is 0 Å². The zero-order chi connectivity index (χ0) is 24.6. The van der Waals surface area contributed by atoms with Crippen LogP contribution in [0, 0.1) is 51.8 Å². The third kappa shape index (κ3) is 13.2. The van der Waals surface area contributed by atoms with Gasteiger partial charge in [-0.1, -0.05) is 115 Å². The van der Waals surface area contributed by atoms with E-state index in [0.717, 1.165) is 16.7 Å². The second-order valence-electron chi connectivity index (χ2n) is 7.63. The van der Waals surface area contributed by atoms with Gasteiger partial charge in [0.15, 0.2) is 0 Å². The van der Waals surface area contributed by atoms with Crippen molar-refractivity contribution in [1.29, 1.82) is 5.26 Å². The highest BCUT2D eigenvalue weighted by Crippen LogP contribution is 2.15. The molecule has 3 heteroatoms. The standard InChI is InChI=1S/C8H7N.C8H10.C7H6ClF.C7H8.CH4/c1-7-4-2-3-5-8(7)6-9;1-7-4-3-5-8(2)6-7;1-5-2-3-6(9)4-7(5)8;1-7-5-3-2-4-6-7;/h2-5H,1H3;3-6H,1-2H3;2-4H,1H3;2-6H,1H3;1H4. The van der Waals surface area contributed by atoms with E-state index >= 15 is 0 Å². The van der Waals surface area contributed by atoms with Gasteiger partial charge in [0.2, 0.25) is 0 Å². The Bertz CT molecular complexity index is 1130. The predicted octanol–water partition coefficient (Wildman–Crippen LogP) is 9.59. The summed E-state index contributed by atoms with van der Waals surface area (Å²) in [5, 5.41) is 8.95. The molecule has 0 aromatic heterocycles. The molecule has 0 bridgehead atoms. The normalized spacial score (nSPS) is 8.76. The van der Waals surface area contributed by atoms with Crippen molar-refractivity contribution >= 4 is 11.6 Å². The highest BCUT2D eigenvalue weighted by atomic mass is 35.5. The smallest absolute Gasteiger partial charge is 0.124 e. The van der Waals surface area contributed by atoms with Gasteiger partial charge in [-0.2, -0.15) is 5.26 Å². The molecule has 0 amide bonds. The molecule has 0 N–H and O–H groups in total. The van der Waals surface area contributed by atoms with Crippen LogP contribution in [0.4, 0.5) is 4.39 Å². The summed E-state index contributed by atoms with van der Waals surface area (Å²) in [4.78, 5) is 0. The zero-order valence-corrected chi connectivity index (χ0v) is 20.7. The molecular weight excluding hydrogens is 441 g/mol. The predicted molar refractivity (Wildman–Crippen MR) is 146 cm³/mol. The first-order valence-corrected chi connectivity index (χ1v) is 11.0. The first-order chi connectivity index (χ1) is 15.7. The van der Waals surface area contributed by atoms with E-state index in [1.807, 2.05) is 56.3 Å². The van der Waals surface area contributed by atoms with Crippen molar-refractivity contribution in [3.8, 4) is 6.07 Å². The van der Waals surface area contributed by atoms with Crippen LogP contribution < -0.4 is 0 Å². The maximum absolute atomic E-state index is 12.3. The topological polar surface area (TPSA) is 23.8 Å². The lowest BCUT2D eigenvalue weighted by atomic mass is 10.1. The fraction of sp³-hybridized carbons (Fsp3) is 0.194. The molecule has 0 aliphatic carbocycles. The Labute approximate surface area is 210 Å². The quantitative estimate of drug-likeness (QED) is 0.248. The summed E-state index contributed by atoms with van der Waals surface area (Å²) in [6.45, 7) is 10.1. The van der Waals surface area contributed by atoms with Gasteiger partial charge >= 0.3 is 0 Å². The third-order valence-corrected chi connectivity index (χ3v) is 4.92. The van der Waals surface area contributed by atoms with E-state index in [9.17, 15) is 4.39 Å². The number of aryl methyl sites for hydroxylation is 5. The molecule has 0 atom stereocenters. The Morgan fingerprint density at radius 3 is 1.50 bits per heavy atom. The maximum atomic E-state index is 12.3. The minimum Gasteiger partial charge on any atom is -0.207 e. The number of hydrogen-bond acceptors (Lipinski definition) is 1. The summed E-state index contributed by atoms with van der Waals surface area (Å²) in [6, 6.07) is 32.7. The summed E-state index contributed by atoms with van der Waals surface area (Å²) in [5.74, 6) is -0.286. The van der Waals surface area contributed by atoms with Crippen LogP contribution in [-0.2, 0) is 0 Å². The fourth-order valence-corrected chi connectivity index (χ4v) is 2.77. The average Bonchev–Trinajstić information content (AvgIpc) is 2.79. The highest BCUT2D eigenvalue weighted by Gasteiger charge is 1.94. The van der Waals surface area contributed by atoms with Gasteiger partial charge in [-0.3, -0.25) is 0 Å². The molecule has 0 saturated carbocycles. The molecule has 0 aliphatic heterocycles. The van der Waals surface area contributed by atoms with Gasteiger partial charge in [0.05, 0.1) is 11.6 Å². The molecule has 0 spiro atoms. The van der Waals surface area contributed by atoms with E-state index in [2.05, 4.69) is 63.2 Å². The van der Waals surface area contributed by atoms with Crippen LogP contribution in [0.15, 0.2) is 97.1 Å². The fourth-order valence-electron chi connectivity index (χ4n) is 2.61. The van der Waals surface area contributed by atoms with Gasteiger partial charge in [-0.05, 0) is 63.9 Å². The lowest BCUT2D eigenvalue weighted by Crippen LogP contribution is -1.77. The van der Waals surface area contributed by atoms with E-state index < -0.39 is 0 Å². The minimum atomic E-state index is -0.286.